The van der Waals surface area contributed by atoms with Gasteiger partial charge >= 0.3 is 0 Å². The molecule has 1 aliphatic carbocycles. The summed E-state index contributed by atoms with van der Waals surface area (Å²) in [7, 11) is 0. The molecular weight excluding hydrogens is 306 g/mol. The lowest BCUT2D eigenvalue weighted by Gasteiger charge is -2.39. The highest BCUT2D eigenvalue weighted by molar-refractivity contribution is 9.09. The molecule has 19 heavy (non-hydrogen) atoms. The molecule has 1 heterocycles. The number of nitrogens with one attached hydrogen (secondary N) is 1. The maximum Gasteiger partial charge on any atom is 0.228 e. The summed E-state index contributed by atoms with van der Waals surface area (Å²) in [6, 6.07) is 8.21. The Kier molecular flexibility index (Phi) is 3.63. The monoisotopic (exact) mass is 323 g/mol. The fourth-order valence-electron chi connectivity index (χ4n) is 2.90. The number of ether oxygens (including phenoxy) is 1. The van der Waals surface area contributed by atoms with E-state index in [2.05, 4.69) is 33.4 Å². The molecule has 1 saturated heterocycles. The molecule has 3 nitrogen and oxygen atoms in total. The van der Waals surface area contributed by atoms with E-state index in [-0.39, 0.29) is 17.4 Å². The van der Waals surface area contributed by atoms with Gasteiger partial charge in [0.2, 0.25) is 5.91 Å². The van der Waals surface area contributed by atoms with E-state index in [9.17, 15) is 4.79 Å². The molecule has 0 radical (unpaired) electrons. The first-order valence-corrected chi connectivity index (χ1v) is 7.90. The Hall–Kier alpha value is -0.870. The lowest BCUT2D eigenvalue weighted by molar-refractivity contribution is -0.125. The number of rotatable bonds is 3. The quantitative estimate of drug-likeness (QED) is 0.867. The van der Waals surface area contributed by atoms with Crippen LogP contribution in [-0.2, 0) is 16.0 Å². The molecule has 102 valence electrons. The second-order valence-electron chi connectivity index (χ2n) is 5.47. The van der Waals surface area contributed by atoms with Gasteiger partial charge in [-0.15, -0.1) is 0 Å². The van der Waals surface area contributed by atoms with Crippen LogP contribution in [-0.4, -0.2) is 30.0 Å². The minimum absolute atomic E-state index is 0.0370. The number of hydrogen-bond acceptors (Lipinski definition) is 2. The lowest BCUT2D eigenvalue weighted by Crippen LogP contribution is -2.55. The van der Waals surface area contributed by atoms with Crippen LogP contribution in [0.3, 0.4) is 0 Å². The summed E-state index contributed by atoms with van der Waals surface area (Å²) in [5, 5.41) is 4.05. The van der Waals surface area contributed by atoms with Crippen molar-refractivity contribution in [2.75, 3.05) is 18.5 Å². The second-order valence-corrected chi connectivity index (χ2v) is 6.03. The fraction of sp³-hybridized carbons (Fsp3) is 0.533. The SMILES string of the molecule is O=C(NC1(CBr)CCOCC1)C1Cc2ccccc21. The molecule has 3 rings (SSSR count). The van der Waals surface area contributed by atoms with Crippen LogP contribution in [0.2, 0.25) is 0 Å². The number of carbonyl (C=O) groups excluding carboxylic acids is 1. The van der Waals surface area contributed by atoms with E-state index in [4.69, 9.17) is 4.74 Å². The Labute approximate surface area is 121 Å². The topological polar surface area (TPSA) is 38.3 Å². The molecule has 1 aliphatic heterocycles. The highest BCUT2D eigenvalue weighted by atomic mass is 79.9. The Balaban J connectivity index is 1.69. The van der Waals surface area contributed by atoms with Crippen LogP contribution in [0.4, 0.5) is 0 Å². The first-order valence-electron chi connectivity index (χ1n) is 6.78. The Morgan fingerprint density at radius 2 is 2.11 bits per heavy atom. The van der Waals surface area contributed by atoms with Gasteiger partial charge in [-0.05, 0) is 30.4 Å². The standard InChI is InChI=1S/C15H18BrNO2/c16-10-15(5-7-19-8-6-15)17-14(18)13-9-11-3-1-2-4-12(11)13/h1-4,13H,5-10H2,(H,17,18). The van der Waals surface area contributed by atoms with Crippen LogP contribution in [0.1, 0.15) is 29.9 Å². The van der Waals surface area contributed by atoms with E-state index in [0.717, 1.165) is 37.8 Å². The molecule has 0 spiro atoms. The van der Waals surface area contributed by atoms with Crippen molar-refractivity contribution in [2.24, 2.45) is 0 Å². The summed E-state index contributed by atoms with van der Waals surface area (Å²) in [5.74, 6) is 0.204. The van der Waals surface area contributed by atoms with Crippen LogP contribution >= 0.6 is 15.9 Å². The van der Waals surface area contributed by atoms with Crippen molar-refractivity contribution >= 4 is 21.8 Å². The molecule has 1 aromatic rings. The molecule has 1 unspecified atom stereocenters. The van der Waals surface area contributed by atoms with Gasteiger partial charge in [-0.2, -0.15) is 0 Å². The number of alkyl halides is 1. The van der Waals surface area contributed by atoms with E-state index in [1.54, 1.807) is 0 Å². The summed E-state index contributed by atoms with van der Waals surface area (Å²) in [4.78, 5) is 12.4. The molecule has 1 aromatic carbocycles. The predicted octanol–water partition coefficient (Wildman–Crippen LogP) is 2.39. The van der Waals surface area contributed by atoms with Crippen molar-refractivity contribution in [3.05, 3.63) is 35.4 Å². The van der Waals surface area contributed by atoms with Gasteiger partial charge in [-0.25, -0.2) is 0 Å². The number of hydrogen-bond donors (Lipinski definition) is 1. The third-order valence-electron chi connectivity index (χ3n) is 4.27. The first kappa shape index (κ1) is 13.1. The van der Waals surface area contributed by atoms with E-state index in [1.165, 1.54) is 11.1 Å². The Morgan fingerprint density at radius 1 is 1.37 bits per heavy atom. The van der Waals surface area contributed by atoms with Crippen LogP contribution in [0.5, 0.6) is 0 Å². The van der Waals surface area contributed by atoms with Crippen LogP contribution < -0.4 is 5.32 Å². The van der Waals surface area contributed by atoms with Crippen molar-refractivity contribution in [2.45, 2.75) is 30.7 Å². The van der Waals surface area contributed by atoms with Gasteiger partial charge in [0.1, 0.15) is 0 Å². The number of benzene rings is 1. The molecule has 0 bridgehead atoms. The number of amides is 1. The van der Waals surface area contributed by atoms with Gasteiger partial charge in [0.05, 0.1) is 11.5 Å². The zero-order chi connectivity index (χ0) is 13.3. The van der Waals surface area contributed by atoms with E-state index in [0.29, 0.717) is 0 Å². The largest absolute Gasteiger partial charge is 0.381 e. The van der Waals surface area contributed by atoms with Crippen molar-refractivity contribution in [1.82, 2.24) is 5.32 Å². The van der Waals surface area contributed by atoms with Crippen LogP contribution in [0.25, 0.3) is 0 Å². The maximum atomic E-state index is 12.4. The number of halogens is 1. The highest BCUT2D eigenvalue weighted by Crippen LogP contribution is 2.36. The average molecular weight is 324 g/mol. The van der Waals surface area contributed by atoms with Gasteiger partial charge in [0.25, 0.3) is 0 Å². The molecular formula is C15H18BrNO2. The summed E-state index contributed by atoms with van der Waals surface area (Å²) in [6.45, 7) is 1.46. The second kappa shape index (κ2) is 5.25. The fourth-order valence-corrected chi connectivity index (χ4v) is 3.60. The molecule has 0 aromatic heterocycles. The lowest BCUT2D eigenvalue weighted by atomic mass is 9.76. The molecule has 1 fully saturated rings. The van der Waals surface area contributed by atoms with Gasteiger partial charge in [-0.1, -0.05) is 40.2 Å². The van der Waals surface area contributed by atoms with Crippen molar-refractivity contribution in [3.63, 3.8) is 0 Å². The zero-order valence-corrected chi connectivity index (χ0v) is 12.4. The van der Waals surface area contributed by atoms with Gasteiger partial charge in [0.15, 0.2) is 0 Å². The number of fused-ring (bicyclic) bond motifs is 1. The maximum absolute atomic E-state index is 12.4. The van der Waals surface area contributed by atoms with Crippen molar-refractivity contribution < 1.29 is 9.53 Å². The van der Waals surface area contributed by atoms with E-state index >= 15 is 0 Å². The van der Waals surface area contributed by atoms with Gasteiger partial charge in [0, 0.05) is 18.5 Å². The summed E-state index contributed by atoms with van der Waals surface area (Å²) < 4.78 is 5.39. The first-order chi connectivity index (χ1) is 9.24. The molecule has 1 atom stereocenters. The minimum atomic E-state index is -0.125. The predicted molar refractivity (Wildman–Crippen MR) is 77.6 cm³/mol. The van der Waals surface area contributed by atoms with E-state index in [1.807, 2.05) is 12.1 Å². The normalized spacial score (nSPS) is 24.2. The number of carbonyl (C=O) groups is 1. The summed E-state index contributed by atoms with van der Waals surface area (Å²) in [6.07, 6.45) is 2.65. The third-order valence-corrected chi connectivity index (χ3v) is 5.34. The van der Waals surface area contributed by atoms with Crippen molar-refractivity contribution in [3.8, 4) is 0 Å². The third kappa shape index (κ3) is 2.43. The molecule has 4 heteroatoms. The van der Waals surface area contributed by atoms with Gasteiger partial charge < -0.3 is 10.1 Å². The van der Waals surface area contributed by atoms with Crippen LogP contribution in [0, 0.1) is 0 Å². The van der Waals surface area contributed by atoms with Crippen molar-refractivity contribution in [1.29, 1.82) is 0 Å². The zero-order valence-electron chi connectivity index (χ0n) is 10.8. The molecule has 2 aliphatic rings. The van der Waals surface area contributed by atoms with E-state index < -0.39 is 0 Å². The minimum Gasteiger partial charge on any atom is -0.381 e. The van der Waals surface area contributed by atoms with Gasteiger partial charge in [-0.3, -0.25) is 4.79 Å². The molecule has 1 amide bonds. The smallest absolute Gasteiger partial charge is 0.228 e. The van der Waals surface area contributed by atoms with Crippen LogP contribution in [0.15, 0.2) is 24.3 Å². The highest BCUT2D eigenvalue weighted by Gasteiger charge is 2.38. The summed E-state index contributed by atoms with van der Waals surface area (Å²) >= 11 is 3.55. The molecule has 1 N–H and O–H groups in total. The molecule has 0 saturated carbocycles. The summed E-state index contributed by atoms with van der Waals surface area (Å²) in [5.41, 5.74) is 2.37. The average Bonchev–Trinajstić information content (AvgIpc) is 2.41. The Morgan fingerprint density at radius 3 is 2.79 bits per heavy atom. The Bertz CT molecular complexity index is 483.